The number of aromatic nitrogens is 1. The summed E-state index contributed by atoms with van der Waals surface area (Å²) in [5, 5.41) is 0. The number of rotatable bonds is 2. The van der Waals surface area contributed by atoms with Crippen LogP contribution in [-0.2, 0) is 16.6 Å². The van der Waals surface area contributed by atoms with Gasteiger partial charge in [-0.3, -0.25) is 0 Å². The Morgan fingerprint density at radius 1 is 1.00 bits per heavy atom. The summed E-state index contributed by atoms with van der Waals surface area (Å²) in [5.41, 5.74) is 9.66. The standard InChI is InChI=1S/C24H28N2O2/c1-13(2)20-21(17(6)19-12-16(5)26(8)18(19)7)24(27)28-23(20)25-22-14(3)10-9-11-15(22)4/h9-12H,1-8H3. The Hall–Kier alpha value is -2.88. The lowest BCUT2D eigenvalue weighted by molar-refractivity contribution is -0.129. The average Bonchev–Trinajstić information content (AvgIpc) is 3.09. The van der Waals surface area contributed by atoms with Crippen molar-refractivity contribution in [2.45, 2.75) is 48.5 Å². The van der Waals surface area contributed by atoms with Crippen LogP contribution in [0.5, 0.6) is 0 Å². The molecular weight excluding hydrogens is 348 g/mol. The molecule has 1 aromatic heterocycles. The molecule has 1 fully saturated rings. The molecule has 4 nitrogen and oxygen atoms in total. The van der Waals surface area contributed by atoms with E-state index in [1.54, 1.807) is 0 Å². The van der Waals surface area contributed by atoms with Gasteiger partial charge in [-0.2, -0.15) is 0 Å². The normalized spacial score (nSPS) is 17.4. The lowest BCUT2D eigenvalue weighted by atomic mass is 9.94. The van der Waals surface area contributed by atoms with Crippen molar-refractivity contribution in [2.75, 3.05) is 0 Å². The Bertz CT molecular complexity index is 1050. The highest BCUT2D eigenvalue weighted by atomic mass is 16.5. The molecule has 0 saturated carbocycles. The number of aryl methyl sites for hydroxylation is 3. The Balaban J connectivity index is 2.22. The van der Waals surface area contributed by atoms with Gasteiger partial charge in [-0.25, -0.2) is 9.79 Å². The summed E-state index contributed by atoms with van der Waals surface area (Å²) >= 11 is 0. The van der Waals surface area contributed by atoms with Crippen molar-refractivity contribution >= 4 is 23.1 Å². The zero-order valence-electron chi connectivity index (χ0n) is 18.0. The van der Waals surface area contributed by atoms with Gasteiger partial charge in [0.15, 0.2) is 0 Å². The maximum absolute atomic E-state index is 12.9. The number of aliphatic imine (C=N–C) groups is 1. The van der Waals surface area contributed by atoms with E-state index in [2.05, 4.69) is 24.5 Å². The zero-order valence-corrected chi connectivity index (χ0v) is 18.0. The van der Waals surface area contributed by atoms with E-state index in [0.29, 0.717) is 11.5 Å². The van der Waals surface area contributed by atoms with E-state index in [4.69, 9.17) is 9.73 Å². The van der Waals surface area contributed by atoms with Gasteiger partial charge in [-0.15, -0.1) is 0 Å². The molecule has 2 aromatic rings. The average molecular weight is 377 g/mol. The molecular formula is C24H28N2O2. The number of hydrogen-bond donors (Lipinski definition) is 0. The minimum absolute atomic E-state index is 0.334. The van der Waals surface area contributed by atoms with Crippen LogP contribution in [0.25, 0.3) is 5.57 Å². The van der Waals surface area contributed by atoms with Crippen molar-refractivity contribution in [1.29, 1.82) is 0 Å². The van der Waals surface area contributed by atoms with E-state index in [1.807, 2.05) is 59.9 Å². The van der Waals surface area contributed by atoms with Gasteiger partial charge in [0.1, 0.15) is 0 Å². The van der Waals surface area contributed by atoms with Gasteiger partial charge < -0.3 is 9.30 Å². The molecule has 0 aliphatic carbocycles. The molecule has 1 saturated heterocycles. The summed E-state index contributed by atoms with van der Waals surface area (Å²) in [5.74, 6) is 0.0571. The number of esters is 1. The predicted molar refractivity (Wildman–Crippen MR) is 115 cm³/mol. The van der Waals surface area contributed by atoms with E-state index >= 15 is 0 Å². The molecule has 0 spiro atoms. The predicted octanol–water partition coefficient (Wildman–Crippen LogP) is 5.66. The van der Waals surface area contributed by atoms with Crippen molar-refractivity contribution in [3.05, 3.63) is 69.1 Å². The van der Waals surface area contributed by atoms with Crippen LogP contribution < -0.4 is 0 Å². The molecule has 1 aliphatic heterocycles. The molecule has 0 unspecified atom stereocenters. The molecule has 0 bridgehead atoms. The number of hydrogen-bond acceptors (Lipinski definition) is 3. The number of ether oxygens (including phenoxy) is 1. The van der Waals surface area contributed by atoms with Crippen molar-refractivity contribution in [1.82, 2.24) is 4.57 Å². The van der Waals surface area contributed by atoms with Crippen LogP contribution in [-0.4, -0.2) is 16.4 Å². The minimum atomic E-state index is -0.334. The first-order chi connectivity index (χ1) is 13.1. The Morgan fingerprint density at radius 2 is 1.61 bits per heavy atom. The molecule has 3 rings (SSSR count). The summed E-state index contributed by atoms with van der Waals surface area (Å²) in [6.07, 6.45) is 0. The van der Waals surface area contributed by atoms with Gasteiger partial charge in [-0.1, -0.05) is 23.8 Å². The van der Waals surface area contributed by atoms with Crippen LogP contribution in [0.4, 0.5) is 5.69 Å². The lowest BCUT2D eigenvalue weighted by Crippen LogP contribution is -2.01. The first kappa shape index (κ1) is 19.9. The van der Waals surface area contributed by atoms with Crippen LogP contribution in [0.15, 0.2) is 46.0 Å². The van der Waals surface area contributed by atoms with Gasteiger partial charge in [0, 0.05) is 18.4 Å². The van der Waals surface area contributed by atoms with E-state index in [-0.39, 0.29) is 5.97 Å². The first-order valence-electron chi connectivity index (χ1n) is 9.53. The summed E-state index contributed by atoms with van der Waals surface area (Å²) in [6, 6.07) is 8.16. The highest BCUT2D eigenvalue weighted by Gasteiger charge is 2.35. The van der Waals surface area contributed by atoms with Crippen molar-refractivity contribution < 1.29 is 9.53 Å². The fourth-order valence-corrected chi connectivity index (χ4v) is 3.74. The van der Waals surface area contributed by atoms with Crippen molar-refractivity contribution in [2.24, 2.45) is 12.0 Å². The molecule has 2 heterocycles. The number of para-hydroxylation sites is 1. The number of carbonyl (C=O) groups excluding carboxylic acids is 1. The fourth-order valence-electron chi connectivity index (χ4n) is 3.74. The number of allylic oxidation sites excluding steroid dienone is 2. The Morgan fingerprint density at radius 3 is 2.11 bits per heavy atom. The molecule has 0 atom stereocenters. The first-order valence-corrected chi connectivity index (χ1v) is 9.53. The van der Waals surface area contributed by atoms with E-state index in [1.165, 1.54) is 0 Å². The maximum Gasteiger partial charge on any atom is 0.345 e. The summed E-state index contributed by atoms with van der Waals surface area (Å²) in [7, 11) is 2.04. The van der Waals surface area contributed by atoms with Crippen LogP contribution in [0.1, 0.15) is 48.8 Å². The van der Waals surface area contributed by atoms with Crippen LogP contribution in [0, 0.1) is 27.7 Å². The quantitative estimate of drug-likeness (QED) is 0.502. The monoisotopic (exact) mass is 376 g/mol. The minimum Gasteiger partial charge on any atom is -0.403 e. The maximum atomic E-state index is 12.9. The fraction of sp³-hybridized carbons (Fsp3) is 0.333. The van der Waals surface area contributed by atoms with Gasteiger partial charge in [-0.05, 0) is 76.8 Å². The third kappa shape index (κ3) is 3.24. The molecule has 1 aliphatic rings. The zero-order chi connectivity index (χ0) is 20.7. The lowest BCUT2D eigenvalue weighted by Gasteiger charge is -2.08. The second-order valence-electron chi connectivity index (χ2n) is 7.77. The molecule has 4 heteroatoms. The summed E-state index contributed by atoms with van der Waals surface area (Å²) in [4.78, 5) is 17.6. The van der Waals surface area contributed by atoms with Gasteiger partial charge in [0.25, 0.3) is 0 Å². The largest absolute Gasteiger partial charge is 0.403 e. The third-order valence-electron chi connectivity index (χ3n) is 5.56. The second-order valence-corrected chi connectivity index (χ2v) is 7.77. The van der Waals surface area contributed by atoms with Gasteiger partial charge >= 0.3 is 5.97 Å². The smallest absolute Gasteiger partial charge is 0.345 e. The molecule has 1 aromatic carbocycles. The van der Waals surface area contributed by atoms with Crippen LogP contribution >= 0.6 is 0 Å². The summed E-state index contributed by atoms with van der Waals surface area (Å²) in [6.45, 7) is 14.1. The molecule has 0 N–H and O–H groups in total. The number of cyclic esters (lactones) is 1. The molecule has 28 heavy (non-hydrogen) atoms. The molecule has 146 valence electrons. The SMILES string of the molecule is CC(C)=C1C(=Nc2c(C)cccc2C)OC(=O)C1=C(C)c1cc(C)n(C)c1C. The number of nitrogens with zero attached hydrogens (tertiary/aromatic N) is 2. The molecule has 0 amide bonds. The van der Waals surface area contributed by atoms with E-state index < -0.39 is 0 Å². The number of benzene rings is 1. The van der Waals surface area contributed by atoms with Crippen LogP contribution in [0.3, 0.4) is 0 Å². The topological polar surface area (TPSA) is 43.6 Å². The van der Waals surface area contributed by atoms with E-state index in [9.17, 15) is 4.79 Å². The highest BCUT2D eigenvalue weighted by molar-refractivity contribution is 6.24. The van der Waals surface area contributed by atoms with Crippen LogP contribution in [0.2, 0.25) is 0 Å². The Kier molecular flexibility index (Phi) is 5.16. The highest BCUT2D eigenvalue weighted by Crippen LogP contribution is 2.36. The van der Waals surface area contributed by atoms with Crippen molar-refractivity contribution in [3.8, 4) is 0 Å². The van der Waals surface area contributed by atoms with E-state index in [0.717, 1.165) is 50.5 Å². The third-order valence-corrected chi connectivity index (χ3v) is 5.56. The van der Waals surface area contributed by atoms with Gasteiger partial charge in [0.05, 0.1) is 16.8 Å². The summed E-state index contributed by atoms with van der Waals surface area (Å²) < 4.78 is 7.80. The van der Waals surface area contributed by atoms with Crippen molar-refractivity contribution in [3.63, 3.8) is 0 Å². The number of carbonyl (C=O) groups is 1. The second kappa shape index (κ2) is 7.27. The Labute approximate surface area is 167 Å². The van der Waals surface area contributed by atoms with Gasteiger partial charge in [0.2, 0.25) is 5.90 Å². The molecule has 0 radical (unpaired) electrons.